The van der Waals surface area contributed by atoms with Crippen molar-refractivity contribution in [1.82, 2.24) is 20.4 Å². The molecule has 3 rings (SSSR count). The lowest BCUT2D eigenvalue weighted by Crippen LogP contribution is -2.50. The van der Waals surface area contributed by atoms with Gasteiger partial charge in [-0.15, -0.1) is 0 Å². The molecule has 0 unspecified atom stereocenters. The maximum atomic E-state index is 12.8. The normalized spacial score (nSPS) is 18.7. The summed E-state index contributed by atoms with van der Waals surface area (Å²) in [5.41, 5.74) is 0.0661. The number of nitrogens with one attached hydrogen (secondary N) is 2. The summed E-state index contributed by atoms with van der Waals surface area (Å²) in [7, 11) is 1.61. The molecule has 1 aliphatic heterocycles. The van der Waals surface area contributed by atoms with Gasteiger partial charge in [-0.25, -0.2) is 9.59 Å². The summed E-state index contributed by atoms with van der Waals surface area (Å²) in [5, 5.41) is 4.74. The Balaban J connectivity index is 1.55. The van der Waals surface area contributed by atoms with E-state index < -0.39 is 30.1 Å². The van der Waals surface area contributed by atoms with E-state index in [1.165, 1.54) is 4.90 Å². The second kappa shape index (κ2) is 7.77. The average molecular weight is 372 g/mol. The van der Waals surface area contributed by atoms with E-state index in [-0.39, 0.29) is 12.5 Å². The van der Waals surface area contributed by atoms with Crippen molar-refractivity contribution in [3.8, 4) is 0 Å². The van der Waals surface area contributed by atoms with Gasteiger partial charge in [0.15, 0.2) is 0 Å². The first kappa shape index (κ1) is 18.9. The maximum absolute atomic E-state index is 12.8. The molecule has 0 radical (unpaired) electrons. The number of carbonyl (C=O) groups is 4. The quantitative estimate of drug-likeness (QED) is 0.785. The molecule has 1 aromatic rings. The SMILES string of the molecule is CN1C(=O)N(CC(=O)NC(=O)NCc2ccccc2)C(=O)C12CCCCC2. The minimum Gasteiger partial charge on any atom is -0.334 e. The fraction of sp³-hybridized carbons (Fsp3) is 0.474. The summed E-state index contributed by atoms with van der Waals surface area (Å²) < 4.78 is 0. The molecule has 1 aromatic carbocycles. The second-order valence-corrected chi connectivity index (χ2v) is 7.04. The van der Waals surface area contributed by atoms with Gasteiger partial charge in [-0.05, 0) is 18.4 Å². The van der Waals surface area contributed by atoms with Gasteiger partial charge in [0, 0.05) is 13.6 Å². The molecular formula is C19H24N4O4. The molecule has 6 amide bonds. The number of likely N-dealkylation sites (N-methyl/N-ethyl adjacent to an activating group) is 1. The fourth-order valence-electron chi connectivity index (χ4n) is 3.80. The van der Waals surface area contributed by atoms with E-state index in [0.717, 1.165) is 29.7 Å². The van der Waals surface area contributed by atoms with Crippen LogP contribution in [0, 0.1) is 0 Å². The minimum atomic E-state index is -0.828. The second-order valence-electron chi connectivity index (χ2n) is 7.04. The predicted octanol–water partition coefficient (Wildman–Crippen LogP) is 1.61. The van der Waals surface area contributed by atoms with E-state index in [1.54, 1.807) is 7.05 Å². The molecule has 8 nitrogen and oxygen atoms in total. The first-order valence-electron chi connectivity index (χ1n) is 9.15. The topological polar surface area (TPSA) is 98.8 Å². The average Bonchev–Trinajstić information content (AvgIpc) is 2.84. The summed E-state index contributed by atoms with van der Waals surface area (Å²) >= 11 is 0. The van der Waals surface area contributed by atoms with Crippen molar-refractivity contribution < 1.29 is 19.2 Å². The highest BCUT2D eigenvalue weighted by Crippen LogP contribution is 2.39. The Kier molecular flexibility index (Phi) is 5.43. The number of hydrogen-bond donors (Lipinski definition) is 2. The van der Waals surface area contributed by atoms with Gasteiger partial charge >= 0.3 is 12.1 Å². The molecule has 2 aliphatic rings. The molecule has 1 saturated carbocycles. The van der Waals surface area contributed by atoms with Gasteiger partial charge in [0.2, 0.25) is 5.91 Å². The molecule has 1 aliphatic carbocycles. The maximum Gasteiger partial charge on any atom is 0.327 e. The van der Waals surface area contributed by atoms with E-state index >= 15 is 0 Å². The standard InChI is InChI=1S/C19H24N4O4/c1-22-18(27)23(16(25)19(22)10-6-3-7-11-19)13-15(24)21-17(26)20-12-14-8-4-2-5-9-14/h2,4-5,8-9H,3,6-7,10-13H2,1H3,(H2,20,21,24,26). The van der Waals surface area contributed by atoms with Gasteiger partial charge < -0.3 is 10.2 Å². The van der Waals surface area contributed by atoms with Gasteiger partial charge in [-0.3, -0.25) is 19.8 Å². The van der Waals surface area contributed by atoms with Crippen LogP contribution in [0.2, 0.25) is 0 Å². The summed E-state index contributed by atoms with van der Waals surface area (Å²) in [4.78, 5) is 51.7. The molecule has 0 aromatic heterocycles. The van der Waals surface area contributed by atoms with Crippen LogP contribution in [0.4, 0.5) is 9.59 Å². The zero-order chi connectivity index (χ0) is 19.4. The Morgan fingerprint density at radius 1 is 1.07 bits per heavy atom. The molecule has 2 N–H and O–H groups in total. The van der Waals surface area contributed by atoms with Crippen molar-refractivity contribution in [2.75, 3.05) is 13.6 Å². The molecule has 1 spiro atoms. The van der Waals surface area contributed by atoms with E-state index in [4.69, 9.17) is 0 Å². The monoisotopic (exact) mass is 372 g/mol. The minimum absolute atomic E-state index is 0.271. The molecule has 0 bridgehead atoms. The Bertz CT molecular complexity index is 743. The third-order valence-corrected chi connectivity index (χ3v) is 5.33. The van der Waals surface area contributed by atoms with Gasteiger partial charge in [0.1, 0.15) is 12.1 Å². The summed E-state index contributed by atoms with van der Waals surface area (Å²) in [6.07, 6.45) is 4.03. The van der Waals surface area contributed by atoms with Crippen molar-refractivity contribution in [1.29, 1.82) is 0 Å². The van der Waals surface area contributed by atoms with Crippen LogP contribution in [0.5, 0.6) is 0 Å². The number of urea groups is 2. The zero-order valence-corrected chi connectivity index (χ0v) is 15.4. The van der Waals surface area contributed by atoms with Crippen molar-refractivity contribution in [2.24, 2.45) is 0 Å². The molecule has 0 atom stereocenters. The third kappa shape index (κ3) is 3.79. The fourth-order valence-corrected chi connectivity index (χ4v) is 3.80. The highest BCUT2D eigenvalue weighted by Gasteiger charge is 2.55. The van der Waals surface area contributed by atoms with Gasteiger partial charge in [0.05, 0.1) is 0 Å². The number of benzene rings is 1. The molecule has 144 valence electrons. The number of hydrogen-bond acceptors (Lipinski definition) is 4. The van der Waals surface area contributed by atoms with Crippen LogP contribution in [0.1, 0.15) is 37.7 Å². The third-order valence-electron chi connectivity index (χ3n) is 5.33. The molecule has 27 heavy (non-hydrogen) atoms. The number of nitrogens with zero attached hydrogens (tertiary/aromatic N) is 2. The molecule has 1 saturated heterocycles. The van der Waals surface area contributed by atoms with Crippen molar-refractivity contribution in [3.63, 3.8) is 0 Å². The van der Waals surface area contributed by atoms with Crippen LogP contribution in [0.25, 0.3) is 0 Å². The van der Waals surface area contributed by atoms with Gasteiger partial charge in [-0.2, -0.15) is 0 Å². The molecule has 1 heterocycles. The van der Waals surface area contributed by atoms with Crippen LogP contribution in [-0.2, 0) is 16.1 Å². The zero-order valence-electron chi connectivity index (χ0n) is 15.4. The van der Waals surface area contributed by atoms with E-state index in [1.807, 2.05) is 30.3 Å². The van der Waals surface area contributed by atoms with Crippen LogP contribution in [0.3, 0.4) is 0 Å². The smallest absolute Gasteiger partial charge is 0.327 e. The Morgan fingerprint density at radius 2 is 1.74 bits per heavy atom. The largest absolute Gasteiger partial charge is 0.334 e. The Hall–Kier alpha value is -2.90. The first-order valence-corrected chi connectivity index (χ1v) is 9.15. The summed E-state index contributed by atoms with van der Waals surface area (Å²) in [5.74, 6) is -1.03. The molecule has 8 heteroatoms. The van der Waals surface area contributed by atoms with Crippen LogP contribution in [-0.4, -0.2) is 52.8 Å². The van der Waals surface area contributed by atoms with Gasteiger partial charge in [0.25, 0.3) is 5.91 Å². The summed E-state index contributed by atoms with van der Waals surface area (Å²) in [6, 6.07) is 8.12. The number of carbonyl (C=O) groups excluding carboxylic acids is 4. The van der Waals surface area contributed by atoms with Crippen LogP contribution >= 0.6 is 0 Å². The number of imide groups is 2. The molecular weight excluding hydrogens is 348 g/mol. The van der Waals surface area contributed by atoms with Crippen LogP contribution < -0.4 is 10.6 Å². The van der Waals surface area contributed by atoms with E-state index in [9.17, 15) is 19.2 Å². The van der Waals surface area contributed by atoms with Crippen molar-refractivity contribution in [2.45, 2.75) is 44.2 Å². The molecule has 2 fully saturated rings. The summed E-state index contributed by atoms with van der Waals surface area (Å²) in [6.45, 7) is -0.185. The Labute approximate surface area is 157 Å². The number of rotatable bonds is 4. The van der Waals surface area contributed by atoms with E-state index in [0.29, 0.717) is 12.8 Å². The highest BCUT2D eigenvalue weighted by molar-refractivity contribution is 6.09. The van der Waals surface area contributed by atoms with Gasteiger partial charge in [-0.1, -0.05) is 49.6 Å². The lowest BCUT2D eigenvalue weighted by Gasteiger charge is -2.35. The van der Waals surface area contributed by atoms with Crippen molar-refractivity contribution >= 4 is 23.9 Å². The lowest BCUT2D eigenvalue weighted by molar-refractivity contribution is -0.137. The van der Waals surface area contributed by atoms with Crippen LogP contribution in [0.15, 0.2) is 30.3 Å². The first-order chi connectivity index (χ1) is 12.9. The van der Waals surface area contributed by atoms with Crippen molar-refractivity contribution in [3.05, 3.63) is 35.9 Å². The predicted molar refractivity (Wildman–Crippen MR) is 97.5 cm³/mol. The lowest BCUT2D eigenvalue weighted by atomic mass is 9.81. The Morgan fingerprint density at radius 3 is 2.41 bits per heavy atom. The highest BCUT2D eigenvalue weighted by atomic mass is 16.2. The van der Waals surface area contributed by atoms with E-state index in [2.05, 4.69) is 10.6 Å². The number of amides is 6.